The lowest BCUT2D eigenvalue weighted by Gasteiger charge is -2.31. The molecule has 3 nitrogen and oxygen atoms in total. The van der Waals surface area contributed by atoms with Crippen molar-refractivity contribution in [3.63, 3.8) is 0 Å². The number of anilines is 1. The zero-order chi connectivity index (χ0) is 15.4. The highest BCUT2D eigenvalue weighted by molar-refractivity contribution is 5.52. The lowest BCUT2D eigenvalue weighted by Crippen LogP contribution is -2.35. The highest BCUT2D eigenvalue weighted by Gasteiger charge is 2.27. The molecule has 118 valence electrons. The Kier molecular flexibility index (Phi) is 5.63. The summed E-state index contributed by atoms with van der Waals surface area (Å²) in [5.41, 5.74) is 3.87. The number of aryl methyl sites for hydroxylation is 2. The second-order valence-electron chi connectivity index (χ2n) is 6.75. The molecule has 0 aromatic carbocycles. The average Bonchev–Trinajstić information content (AvgIpc) is 3.22. The summed E-state index contributed by atoms with van der Waals surface area (Å²) in [5, 5.41) is 3.55. The molecule has 1 aromatic rings. The van der Waals surface area contributed by atoms with Gasteiger partial charge in [-0.1, -0.05) is 6.92 Å². The van der Waals surface area contributed by atoms with E-state index in [0.29, 0.717) is 6.04 Å². The van der Waals surface area contributed by atoms with Crippen LogP contribution in [0.4, 0.5) is 5.82 Å². The van der Waals surface area contributed by atoms with E-state index in [1.54, 1.807) is 0 Å². The van der Waals surface area contributed by atoms with Crippen LogP contribution in [-0.4, -0.2) is 24.1 Å². The van der Waals surface area contributed by atoms with Crippen molar-refractivity contribution in [3.05, 3.63) is 22.9 Å². The van der Waals surface area contributed by atoms with Crippen molar-refractivity contribution in [1.82, 2.24) is 10.3 Å². The van der Waals surface area contributed by atoms with Crippen LogP contribution in [0.3, 0.4) is 0 Å². The predicted octanol–water partition coefficient (Wildman–Crippen LogP) is 3.82. The van der Waals surface area contributed by atoms with Crippen LogP contribution in [0, 0.1) is 19.8 Å². The zero-order valence-electron chi connectivity index (χ0n) is 14.4. The zero-order valence-corrected chi connectivity index (χ0v) is 14.4. The Bertz CT molecular complexity index is 464. The highest BCUT2D eigenvalue weighted by Crippen LogP contribution is 2.33. The smallest absolute Gasteiger partial charge is 0.133 e. The number of hydrogen-bond acceptors (Lipinski definition) is 3. The maximum atomic E-state index is 4.90. The van der Waals surface area contributed by atoms with Crippen molar-refractivity contribution in [2.24, 2.45) is 5.92 Å². The van der Waals surface area contributed by atoms with Crippen LogP contribution in [0.2, 0.25) is 0 Å². The van der Waals surface area contributed by atoms with Gasteiger partial charge in [-0.25, -0.2) is 4.98 Å². The standard InChI is InChI=1S/C18H31N3/c1-6-9-19-11-17-14(4)10-15(5)20-18(17)21(13(2)3)12-16-7-8-16/h10,13,16,19H,6-9,11-12H2,1-5H3. The summed E-state index contributed by atoms with van der Waals surface area (Å²) < 4.78 is 0. The first-order chi connectivity index (χ1) is 10.0. The monoisotopic (exact) mass is 289 g/mol. The van der Waals surface area contributed by atoms with Crippen molar-refractivity contribution in [2.75, 3.05) is 18.0 Å². The Morgan fingerprint density at radius 3 is 2.62 bits per heavy atom. The van der Waals surface area contributed by atoms with Gasteiger partial charge in [-0.05, 0) is 71.0 Å². The molecule has 0 aliphatic heterocycles. The third-order valence-corrected chi connectivity index (χ3v) is 4.23. The molecule has 21 heavy (non-hydrogen) atoms. The average molecular weight is 289 g/mol. The molecule has 1 aliphatic rings. The number of nitrogens with one attached hydrogen (secondary N) is 1. The molecule has 1 heterocycles. The van der Waals surface area contributed by atoms with Gasteiger partial charge in [-0.15, -0.1) is 0 Å². The molecule has 0 atom stereocenters. The van der Waals surface area contributed by atoms with E-state index in [0.717, 1.165) is 31.2 Å². The van der Waals surface area contributed by atoms with E-state index in [1.165, 1.54) is 36.2 Å². The van der Waals surface area contributed by atoms with Gasteiger partial charge in [0.2, 0.25) is 0 Å². The van der Waals surface area contributed by atoms with Gasteiger partial charge < -0.3 is 10.2 Å². The Morgan fingerprint density at radius 2 is 2.05 bits per heavy atom. The molecule has 0 amide bonds. The van der Waals surface area contributed by atoms with E-state index >= 15 is 0 Å². The van der Waals surface area contributed by atoms with Crippen LogP contribution < -0.4 is 10.2 Å². The van der Waals surface area contributed by atoms with Crippen molar-refractivity contribution in [1.29, 1.82) is 0 Å². The molecule has 0 saturated heterocycles. The molecule has 1 N–H and O–H groups in total. The van der Waals surface area contributed by atoms with E-state index in [1.807, 2.05) is 0 Å². The Balaban J connectivity index is 2.28. The number of nitrogens with zero attached hydrogens (tertiary/aromatic N) is 2. The molecule has 1 aromatic heterocycles. The van der Waals surface area contributed by atoms with E-state index in [4.69, 9.17) is 4.98 Å². The maximum absolute atomic E-state index is 4.90. The summed E-state index contributed by atoms with van der Waals surface area (Å²) in [7, 11) is 0. The summed E-state index contributed by atoms with van der Waals surface area (Å²) in [6.07, 6.45) is 3.94. The fourth-order valence-electron chi connectivity index (χ4n) is 2.81. The Morgan fingerprint density at radius 1 is 1.33 bits per heavy atom. The third-order valence-electron chi connectivity index (χ3n) is 4.23. The molecular formula is C18H31N3. The number of hydrogen-bond donors (Lipinski definition) is 1. The van der Waals surface area contributed by atoms with E-state index in [-0.39, 0.29) is 0 Å². The SMILES string of the molecule is CCCNCc1c(C)cc(C)nc1N(CC1CC1)C(C)C. The lowest BCUT2D eigenvalue weighted by atomic mass is 10.1. The molecule has 0 bridgehead atoms. The van der Waals surface area contributed by atoms with Gasteiger partial charge in [-0.2, -0.15) is 0 Å². The van der Waals surface area contributed by atoms with Gasteiger partial charge in [0, 0.05) is 30.4 Å². The Hall–Kier alpha value is -1.09. The summed E-state index contributed by atoms with van der Waals surface area (Å²) in [4.78, 5) is 7.42. The third kappa shape index (κ3) is 4.44. The summed E-state index contributed by atoms with van der Waals surface area (Å²) >= 11 is 0. The minimum atomic E-state index is 0.504. The second-order valence-corrected chi connectivity index (χ2v) is 6.75. The van der Waals surface area contributed by atoms with Crippen LogP contribution in [0.25, 0.3) is 0 Å². The van der Waals surface area contributed by atoms with Gasteiger partial charge in [0.1, 0.15) is 5.82 Å². The molecule has 0 spiro atoms. The quantitative estimate of drug-likeness (QED) is 0.737. The molecule has 0 unspecified atom stereocenters. The van der Waals surface area contributed by atoms with Crippen molar-refractivity contribution >= 4 is 5.82 Å². The molecule has 0 radical (unpaired) electrons. The summed E-state index contributed by atoms with van der Waals surface area (Å²) in [6, 6.07) is 2.71. The largest absolute Gasteiger partial charge is 0.354 e. The maximum Gasteiger partial charge on any atom is 0.133 e. The lowest BCUT2D eigenvalue weighted by molar-refractivity contribution is 0.620. The van der Waals surface area contributed by atoms with Crippen molar-refractivity contribution < 1.29 is 0 Å². The molecule has 1 aliphatic carbocycles. The van der Waals surface area contributed by atoms with Crippen LogP contribution in [-0.2, 0) is 6.54 Å². The first-order valence-electron chi connectivity index (χ1n) is 8.47. The summed E-state index contributed by atoms with van der Waals surface area (Å²) in [5.74, 6) is 2.09. The fourth-order valence-corrected chi connectivity index (χ4v) is 2.81. The molecule has 1 fully saturated rings. The van der Waals surface area contributed by atoms with Crippen LogP contribution >= 0.6 is 0 Å². The van der Waals surface area contributed by atoms with Crippen LogP contribution in [0.1, 0.15) is 56.9 Å². The first kappa shape index (κ1) is 16.3. The van der Waals surface area contributed by atoms with Gasteiger partial charge >= 0.3 is 0 Å². The van der Waals surface area contributed by atoms with Gasteiger partial charge in [0.15, 0.2) is 0 Å². The molecular weight excluding hydrogens is 258 g/mol. The van der Waals surface area contributed by atoms with E-state index in [2.05, 4.69) is 50.9 Å². The van der Waals surface area contributed by atoms with Gasteiger partial charge in [-0.3, -0.25) is 0 Å². The second kappa shape index (κ2) is 7.26. The first-order valence-corrected chi connectivity index (χ1v) is 8.47. The van der Waals surface area contributed by atoms with Gasteiger partial charge in [0.25, 0.3) is 0 Å². The fraction of sp³-hybridized carbons (Fsp3) is 0.722. The number of aromatic nitrogens is 1. The van der Waals surface area contributed by atoms with Crippen LogP contribution in [0.15, 0.2) is 6.07 Å². The molecule has 1 saturated carbocycles. The molecule has 3 heteroatoms. The van der Waals surface area contributed by atoms with E-state index < -0.39 is 0 Å². The van der Waals surface area contributed by atoms with E-state index in [9.17, 15) is 0 Å². The predicted molar refractivity (Wildman–Crippen MR) is 90.9 cm³/mol. The number of pyridine rings is 1. The highest BCUT2D eigenvalue weighted by atomic mass is 15.2. The van der Waals surface area contributed by atoms with Crippen molar-refractivity contribution in [2.45, 2.75) is 66.5 Å². The van der Waals surface area contributed by atoms with Crippen LogP contribution in [0.5, 0.6) is 0 Å². The minimum Gasteiger partial charge on any atom is -0.354 e. The normalized spacial score (nSPS) is 14.8. The summed E-state index contributed by atoms with van der Waals surface area (Å²) in [6.45, 7) is 14.3. The van der Waals surface area contributed by atoms with Gasteiger partial charge in [0.05, 0.1) is 0 Å². The Labute approximate surface area is 130 Å². The molecule has 2 rings (SSSR count). The number of rotatable bonds is 8. The topological polar surface area (TPSA) is 28.2 Å². The minimum absolute atomic E-state index is 0.504. The van der Waals surface area contributed by atoms with Crippen molar-refractivity contribution in [3.8, 4) is 0 Å².